The van der Waals surface area contributed by atoms with Crippen molar-refractivity contribution in [3.63, 3.8) is 0 Å². The molecule has 106 valence electrons. The number of nitrogen functional groups attached to an aromatic ring is 1. The zero-order chi connectivity index (χ0) is 14.4. The van der Waals surface area contributed by atoms with Gasteiger partial charge in [-0.2, -0.15) is 15.0 Å². The summed E-state index contributed by atoms with van der Waals surface area (Å²) in [4.78, 5) is 23.4. The molecule has 0 saturated heterocycles. The molecular weight excluding hydrogens is 248 g/mol. The Morgan fingerprint density at radius 1 is 1.32 bits per heavy atom. The van der Waals surface area contributed by atoms with Gasteiger partial charge in [0.15, 0.2) is 0 Å². The molecule has 0 bridgehead atoms. The van der Waals surface area contributed by atoms with Crippen LogP contribution in [0.5, 0.6) is 6.01 Å². The summed E-state index contributed by atoms with van der Waals surface area (Å²) in [5.74, 6) is 0.497. The van der Waals surface area contributed by atoms with Gasteiger partial charge in [-0.3, -0.25) is 4.79 Å². The number of nitrogens with one attached hydrogen (secondary N) is 2. The molecule has 1 unspecified atom stereocenters. The Morgan fingerprint density at radius 3 is 2.58 bits per heavy atom. The van der Waals surface area contributed by atoms with Crippen LogP contribution in [-0.4, -0.2) is 40.6 Å². The summed E-state index contributed by atoms with van der Waals surface area (Å²) in [6.07, 6.45) is 0. The van der Waals surface area contributed by atoms with E-state index < -0.39 is 6.04 Å². The maximum absolute atomic E-state index is 11.8. The highest BCUT2D eigenvalue weighted by atomic mass is 16.5. The Bertz CT molecular complexity index is 437. The lowest BCUT2D eigenvalue weighted by molar-refractivity contribution is -0.121. The molecule has 4 N–H and O–H groups in total. The van der Waals surface area contributed by atoms with Crippen molar-refractivity contribution >= 4 is 17.8 Å². The highest BCUT2D eigenvalue weighted by molar-refractivity contribution is 5.83. The van der Waals surface area contributed by atoms with E-state index in [2.05, 4.69) is 25.6 Å². The molecule has 1 amide bonds. The van der Waals surface area contributed by atoms with Crippen LogP contribution in [0.4, 0.5) is 11.9 Å². The van der Waals surface area contributed by atoms with Gasteiger partial charge < -0.3 is 21.1 Å². The largest absolute Gasteiger partial charge is 0.467 e. The maximum Gasteiger partial charge on any atom is 0.322 e. The molecule has 0 aliphatic heterocycles. The minimum atomic E-state index is -0.481. The average molecular weight is 268 g/mol. The molecule has 0 radical (unpaired) electrons. The van der Waals surface area contributed by atoms with Crippen LogP contribution in [0.2, 0.25) is 0 Å². The Hall–Kier alpha value is -2.12. The summed E-state index contributed by atoms with van der Waals surface area (Å²) < 4.78 is 4.87. The van der Waals surface area contributed by atoms with Crippen molar-refractivity contribution < 1.29 is 9.53 Å². The normalized spacial score (nSPS) is 12.1. The molecule has 0 saturated carbocycles. The monoisotopic (exact) mass is 268 g/mol. The number of nitrogens with two attached hydrogens (primary N) is 1. The van der Waals surface area contributed by atoms with Gasteiger partial charge in [0.1, 0.15) is 6.04 Å². The number of carbonyl (C=O) groups is 1. The summed E-state index contributed by atoms with van der Waals surface area (Å²) in [6, 6.07) is -0.380. The Kier molecular flexibility index (Phi) is 5.28. The van der Waals surface area contributed by atoms with Gasteiger partial charge >= 0.3 is 6.01 Å². The van der Waals surface area contributed by atoms with Crippen LogP contribution < -0.4 is 21.1 Å². The second-order valence-corrected chi connectivity index (χ2v) is 4.51. The van der Waals surface area contributed by atoms with Gasteiger partial charge in [0.25, 0.3) is 0 Å². The van der Waals surface area contributed by atoms with Crippen LogP contribution in [0.1, 0.15) is 20.8 Å². The van der Waals surface area contributed by atoms with Crippen molar-refractivity contribution in [1.82, 2.24) is 20.3 Å². The van der Waals surface area contributed by atoms with Gasteiger partial charge in [-0.05, 0) is 12.8 Å². The van der Waals surface area contributed by atoms with Crippen LogP contribution in [0.25, 0.3) is 0 Å². The van der Waals surface area contributed by atoms with E-state index in [0.717, 1.165) is 0 Å². The van der Waals surface area contributed by atoms with Gasteiger partial charge in [0.05, 0.1) is 7.11 Å². The van der Waals surface area contributed by atoms with E-state index in [1.807, 2.05) is 13.8 Å². The van der Waals surface area contributed by atoms with E-state index in [0.29, 0.717) is 12.5 Å². The predicted molar refractivity (Wildman–Crippen MR) is 71.7 cm³/mol. The van der Waals surface area contributed by atoms with E-state index in [1.165, 1.54) is 7.11 Å². The topological polar surface area (TPSA) is 115 Å². The van der Waals surface area contributed by atoms with Crippen LogP contribution >= 0.6 is 0 Å². The zero-order valence-electron chi connectivity index (χ0n) is 11.6. The predicted octanol–water partition coefficient (Wildman–Crippen LogP) is 0.0350. The lowest BCUT2D eigenvalue weighted by Gasteiger charge is -2.15. The first-order valence-corrected chi connectivity index (χ1v) is 6.02. The minimum absolute atomic E-state index is 0.0316. The molecule has 0 spiro atoms. The Labute approximate surface area is 112 Å². The minimum Gasteiger partial charge on any atom is -0.467 e. The van der Waals surface area contributed by atoms with E-state index in [4.69, 9.17) is 10.5 Å². The highest BCUT2D eigenvalue weighted by Gasteiger charge is 2.15. The molecule has 0 aliphatic carbocycles. The molecule has 8 nitrogen and oxygen atoms in total. The van der Waals surface area contributed by atoms with Crippen molar-refractivity contribution in [2.75, 3.05) is 24.7 Å². The summed E-state index contributed by atoms with van der Waals surface area (Å²) in [5.41, 5.74) is 5.50. The maximum atomic E-state index is 11.8. The summed E-state index contributed by atoms with van der Waals surface area (Å²) in [7, 11) is 1.43. The summed E-state index contributed by atoms with van der Waals surface area (Å²) in [6.45, 7) is 6.38. The first-order chi connectivity index (χ1) is 8.92. The first kappa shape index (κ1) is 14.9. The van der Waals surface area contributed by atoms with Crippen LogP contribution in [0, 0.1) is 5.92 Å². The first-order valence-electron chi connectivity index (χ1n) is 6.02. The van der Waals surface area contributed by atoms with Gasteiger partial charge in [0, 0.05) is 6.54 Å². The van der Waals surface area contributed by atoms with Gasteiger partial charge in [-0.1, -0.05) is 13.8 Å². The number of methoxy groups -OCH3 is 1. The Balaban J connectivity index is 2.63. The summed E-state index contributed by atoms with van der Waals surface area (Å²) in [5, 5.41) is 5.66. The molecule has 1 rings (SSSR count). The zero-order valence-corrected chi connectivity index (χ0v) is 11.6. The molecule has 0 aromatic carbocycles. The average Bonchev–Trinajstić information content (AvgIpc) is 2.34. The van der Waals surface area contributed by atoms with Crippen molar-refractivity contribution in [2.24, 2.45) is 5.92 Å². The third kappa shape index (κ3) is 4.94. The van der Waals surface area contributed by atoms with Crippen molar-refractivity contribution in [2.45, 2.75) is 26.8 Å². The molecule has 1 aromatic rings. The van der Waals surface area contributed by atoms with Crippen molar-refractivity contribution in [3.05, 3.63) is 0 Å². The van der Waals surface area contributed by atoms with E-state index in [-0.39, 0.29) is 23.8 Å². The molecule has 0 fully saturated rings. The molecular formula is C11H20N6O2. The van der Waals surface area contributed by atoms with Crippen molar-refractivity contribution in [3.8, 4) is 6.01 Å². The van der Waals surface area contributed by atoms with Crippen LogP contribution in [-0.2, 0) is 4.79 Å². The SMILES string of the molecule is COc1nc(N)nc(NC(C)C(=O)NCC(C)C)n1. The van der Waals surface area contributed by atoms with E-state index in [1.54, 1.807) is 6.92 Å². The molecule has 1 heterocycles. The van der Waals surface area contributed by atoms with Gasteiger partial charge in [0.2, 0.25) is 17.8 Å². The highest BCUT2D eigenvalue weighted by Crippen LogP contribution is 2.09. The number of amides is 1. The molecule has 19 heavy (non-hydrogen) atoms. The Morgan fingerprint density at radius 2 is 2.00 bits per heavy atom. The lowest BCUT2D eigenvalue weighted by Crippen LogP contribution is -2.39. The summed E-state index contributed by atoms with van der Waals surface area (Å²) >= 11 is 0. The quantitative estimate of drug-likeness (QED) is 0.667. The molecule has 1 atom stereocenters. The number of hydrogen-bond donors (Lipinski definition) is 3. The fourth-order valence-electron chi connectivity index (χ4n) is 1.24. The van der Waals surface area contributed by atoms with Crippen LogP contribution in [0.3, 0.4) is 0 Å². The fraction of sp³-hybridized carbons (Fsp3) is 0.636. The number of anilines is 2. The van der Waals surface area contributed by atoms with Gasteiger partial charge in [-0.15, -0.1) is 0 Å². The standard InChI is InChI=1S/C11H20N6O2/c1-6(2)5-13-8(18)7(3)14-10-15-9(12)16-11(17-10)19-4/h6-7H,5H2,1-4H3,(H,13,18)(H3,12,14,15,16,17). The number of aromatic nitrogens is 3. The molecule has 1 aromatic heterocycles. The molecule has 8 heteroatoms. The van der Waals surface area contributed by atoms with Gasteiger partial charge in [-0.25, -0.2) is 0 Å². The van der Waals surface area contributed by atoms with Crippen LogP contribution in [0.15, 0.2) is 0 Å². The lowest BCUT2D eigenvalue weighted by atomic mass is 10.2. The second kappa shape index (κ2) is 6.72. The van der Waals surface area contributed by atoms with E-state index in [9.17, 15) is 4.79 Å². The third-order valence-electron chi connectivity index (χ3n) is 2.24. The third-order valence-corrected chi connectivity index (χ3v) is 2.24. The van der Waals surface area contributed by atoms with E-state index >= 15 is 0 Å². The molecule has 0 aliphatic rings. The second-order valence-electron chi connectivity index (χ2n) is 4.51. The number of carbonyl (C=O) groups excluding carboxylic acids is 1. The number of hydrogen-bond acceptors (Lipinski definition) is 7. The number of ether oxygens (including phenoxy) is 1. The number of nitrogens with zero attached hydrogens (tertiary/aromatic N) is 3. The van der Waals surface area contributed by atoms with Crippen molar-refractivity contribution in [1.29, 1.82) is 0 Å². The fourth-order valence-corrected chi connectivity index (χ4v) is 1.24. The number of rotatable bonds is 6. The smallest absolute Gasteiger partial charge is 0.322 e.